The maximum absolute atomic E-state index is 14.1. The Labute approximate surface area is 164 Å². The van der Waals surface area contributed by atoms with Crippen molar-refractivity contribution in [2.75, 3.05) is 37.7 Å². The lowest BCUT2D eigenvalue weighted by atomic mass is 9.90. The van der Waals surface area contributed by atoms with Crippen LogP contribution in [0, 0.1) is 17.7 Å². The third-order valence-corrected chi connectivity index (χ3v) is 6.73. The van der Waals surface area contributed by atoms with Crippen LogP contribution in [0.25, 0.3) is 10.9 Å². The summed E-state index contributed by atoms with van der Waals surface area (Å²) in [6.07, 6.45) is 5.48. The molecule has 3 saturated heterocycles. The van der Waals surface area contributed by atoms with E-state index in [1.165, 1.54) is 37.9 Å². The zero-order valence-corrected chi connectivity index (χ0v) is 16.2. The van der Waals surface area contributed by atoms with Crippen molar-refractivity contribution < 1.29 is 13.9 Å². The molecule has 0 radical (unpaired) electrons. The van der Waals surface area contributed by atoms with Crippen molar-refractivity contribution in [3.8, 4) is 0 Å². The van der Waals surface area contributed by atoms with E-state index in [2.05, 4.69) is 14.8 Å². The van der Waals surface area contributed by atoms with Crippen LogP contribution in [0.1, 0.15) is 36.5 Å². The van der Waals surface area contributed by atoms with E-state index >= 15 is 0 Å². The number of fused-ring (bicyclic) bond motifs is 4. The molecule has 0 saturated carbocycles. The third kappa shape index (κ3) is 2.85. The van der Waals surface area contributed by atoms with Gasteiger partial charge in [0.1, 0.15) is 11.4 Å². The predicted molar refractivity (Wildman–Crippen MR) is 106 cm³/mol. The van der Waals surface area contributed by atoms with E-state index in [4.69, 9.17) is 4.74 Å². The van der Waals surface area contributed by atoms with Crippen LogP contribution in [0.2, 0.25) is 0 Å². The largest absolute Gasteiger partial charge is 0.462 e. The highest BCUT2D eigenvalue weighted by Gasteiger charge is 2.47. The van der Waals surface area contributed by atoms with Gasteiger partial charge in [0.15, 0.2) is 0 Å². The fourth-order valence-electron chi connectivity index (χ4n) is 5.59. The Bertz CT molecular complexity index is 918. The highest BCUT2D eigenvalue weighted by Crippen LogP contribution is 2.43. The van der Waals surface area contributed by atoms with Gasteiger partial charge in [-0.3, -0.25) is 9.88 Å². The number of esters is 1. The highest BCUT2D eigenvalue weighted by atomic mass is 19.1. The van der Waals surface area contributed by atoms with Crippen molar-refractivity contribution >= 4 is 22.6 Å². The zero-order valence-electron chi connectivity index (χ0n) is 16.2. The number of carbonyl (C=O) groups excluding carboxylic acids is 1. The minimum Gasteiger partial charge on any atom is -0.462 e. The Morgan fingerprint density at radius 1 is 1.29 bits per heavy atom. The first-order valence-corrected chi connectivity index (χ1v) is 10.4. The summed E-state index contributed by atoms with van der Waals surface area (Å²) in [6.45, 7) is 6.27. The molecule has 28 heavy (non-hydrogen) atoms. The van der Waals surface area contributed by atoms with Gasteiger partial charge in [0.25, 0.3) is 0 Å². The Hall–Kier alpha value is -2.21. The molecule has 2 aromatic rings. The van der Waals surface area contributed by atoms with Crippen LogP contribution in [0.3, 0.4) is 0 Å². The van der Waals surface area contributed by atoms with Crippen LogP contribution in [0.15, 0.2) is 24.4 Å². The number of hydrogen-bond donors (Lipinski definition) is 0. The van der Waals surface area contributed by atoms with E-state index in [1.54, 1.807) is 19.2 Å². The number of benzene rings is 1. The van der Waals surface area contributed by atoms with E-state index < -0.39 is 0 Å². The van der Waals surface area contributed by atoms with Gasteiger partial charge in [0.05, 0.1) is 17.8 Å². The molecule has 5 rings (SSSR count). The molecule has 0 aliphatic carbocycles. The van der Waals surface area contributed by atoms with Gasteiger partial charge in [-0.25, -0.2) is 9.18 Å². The summed E-state index contributed by atoms with van der Waals surface area (Å²) in [5.41, 5.74) is 1.95. The van der Waals surface area contributed by atoms with Gasteiger partial charge in [0, 0.05) is 37.3 Å². The standard InChI is InChI=1S/C22H26FN3O2/c1-2-28-22(27)17-10-24-19-7-6-15(23)9-16(19)21(17)26-12-14-11-25-8-4-3-5-20(25)18(14)13-26/h6-7,9-10,14,18,20H,2-5,8,11-13H2,1H3. The second-order valence-corrected chi connectivity index (χ2v) is 8.29. The molecule has 6 heteroatoms. The van der Waals surface area contributed by atoms with Crippen molar-refractivity contribution in [3.63, 3.8) is 0 Å². The van der Waals surface area contributed by atoms with Crippen molar-refractivity contribution in [2.24, 2.45) is 11.8 Å². The monoisotopic (exact) mass is 383 g/mol. The van der Waals surface area contributed by atoms with Crippen LogP contribution < -0.4 is 4.90 Å². The number of piperidine rings is 1. The summed E-state index contributed by atoms with van der Waals surface area (Å²) in [4.78, 5) is 22.0. The molecule has 3 fully saturated rings. The van der Waals surface area contributed by atoms with Gasteiger partial charge in [-0.1, -0.05) is 6.42 Å². The molecule has 0 bridgehead atoms. The molecule has 3 aliphatic heterocycles. The number of rotatable bonds is 3. The lowest BCUT2D eigenvalue weighted by Gasteiger charge is -2.34. The smallest absolute Gasteiger partial charge is 0.341 e. The first-order valence-electron chi connectivity index (χ1n) is 10.4. The molecule has 3 unspecified atom stereocenters. The number of halogens is 1. The highest BCUT2D eigenvalue weighted by molar-refractivity contribution is 6.05. The molecule has 3 aliphatic rings. The van der Waals surface area contributed by atoms with Crippen molar-refractivity contribution in [1.82, 2.24) is 9.88 Å². The van der Waals surface area contributed by atoms with Crippen molar-refractivity contribution in [2.45, 2.75) is 32.2 Å². The fourth-order valence-corrected chi connectivity index (χ4v) is 5.59. The molecular weight excluding hydrogens is 357 g/mol. The van der Waals surface area contributed by atoms with E-state index in [0.29, 0.717) is 41.0 Å². The first-order chi connectivity index (χ1) is 13.7. The number of aromatic nitrogens is 1. The number of ether oxygens (including phenoxy) is 1. The van der Waals surface area contributed by atoms with Crippen molar-refractivity contribution in [3.05, 3.63) is 35.8 Å². The molecule has 4 heterocycles. The molecule has 3 atom stereocenters. The number of anilines is 1. The zero-order chi connectivity index (χ0) is 19.3. The molecule has 0 spiro atoms. The molecule has 1 aromatic heterocycles. The van der Waals surface area contributed by atoms with E-state index in [9.17, 15) is 9.18 Å². The normalized spacial score (nSPS) is 27.1. The van der Waals surface area contributed by atoms with Gasteiger partial charge in [-0.15, -0.1) is 0 Å². The number of hydrogen-bond acceptors (Lipinski definition) is 5. The maximum atomic E-state index is 14.1. The van der Waals surface area contributed by atoms with Crippen molar-refractivity contribution in [1.29, 1.82) is 0 Å². The van der Waals surface area contributed by atoms with Crippen LogP contribution in [0.5, 0.6) is 0 Å². The van der Waals surface area contributed by atoms with Gasteiger partial charge in [0.2, 0.25) is 0 Å². The number of pyridine rings is 1. The molecule has 5 nitrogen and oxygen atoms in total. The van der Waals surface area contributed by atoms with Crippen LogP contribution in [-0.2, 0) is 4.74 Å². The third-order valence-electron chi connectivity index (χ3n) is 6.73. The lowest BCUT2D eigenvalue weighted by Crippen LogP contribution is -2.40. The first kappa shape index (κ1) is 17.9. The van der Waals surface area contributed by atoms with Gasteiger partial charge in [-0.2, -0.15) is 0 Å². The van der Waals surface area contributed by atoms with E-state index in [1.807, 2.05) is 0 Å². The van der Waals surface area contributed by atoms with Crippen LogP contribution >= 0.6 is 0 Å². The second kappa shape index (κ2) is 6.99. The Morgan fingerprint density at radius 2 is 2.18 bits per heavy atom. The summed E-state index contributed by atoms with van der Waals surface area (Å²) < 4.78 is 19.3. The molecule has 148 valence electrons. The summed E-state index contributed by atoms with van der Waals surface area (Å²) >= 11 is 0. The molecule has 0 N–H and O–H groups in total. The number of carbonyl (C=O) groups is 1. The maximum Gasteiger partial charge on any atom is 0.341 e. The summed E-state index contributed by atoms with van der Waals surface area (Å²) in [5.74, 6) is 0.531. The summed E-state index contributed by atoms with van der Waals surface area (Å²) in [7, 11) is 0. The number of nitrogens with zero attached hydrogens (tertiary/aromatic N) is 3. The molecule has 1 aromatic carbocycles. The fraction of sp³-hybridized carbons (Fsp3) is 0.545. The van der Waals surface area contributed by atoms with Gasteiger partial charge in [-0.05, 0) is 56.3 Å². The Morgan fingerprint density at radius 3 is 3.04 bits per heavy atom. The Kier molecular flexibility index (Phi) is 4.46. The van der Waals surface area contributed by atoms with Crippen LogP contribution in [-0.4, -0.2) is 54.7 Å². The van der Waals surface area contributed by atoms with Gasteiger partial charge < -0.3 is 9.64 Å². The predicted octanol–water partition coefficient (Wildman–Crippen LogP) is 3.47. The summed E-state index contributed by atoms with van der Waals surface area (Å²) in [5, 5.41) is 0.700. The average molecular weight is 383 g/mol. The topological polar surface area (TPSA) is 45.7 Å². The SMILES string of the molecule is CCOC(=O)c1cnc2ccc(F)cc2c1N1CC2CN3CCCCC3C2C1. The lowest BCUT2D eigenvalue weighted by molar-refractivity contribution is 0.0527. The molecular formula is C22H26FN3O2. The van der Waals surface area contributed by atoms with Gasteiger partial charge >= 0.3 is 5.97 Å². The van der Waals surface area contributed by atoms with E-state index in [0.717, 1.165) is 25.3 Å². The van der Waals surface area contributed by atoms with E-state index in [-0.39, 0.29) is 11.8 Å². The second-order valence-electron chi connectivity index (χ2n) is 8.29. The minimum atomic E-state index is -0.382. The average Bonchev–Trinajstić information content (AvgIpc) is 3.25. The molecule has 0 amide bonds. The summed E-state index contributed by atoms with van der Waals surface area (Å²) in [6, 6.07) is 5.26. The quantitative estimate of drug-likeness (QED) is 0.760. The Balaban J connectivity index is 1.55. The van der Waals surface area contributed by atoms with Crippen LogP contribution in [0.4, 0.5) is 10.1 Å². The minimum absolute atomic E-state index is 0.307.